The Hall–Kier alpha value is -1.56. The fourth-order valence-corrected chi connectivity index (χ4v) is 2.78. The van der Waals surface area contributed by atoms with Crippen LogP contribution >= 0.6 is 16.1 Å². The molecule has 1 fully saturated rings. The molecule has 5 nitrogen and oxygen atoms in total. The summed E-state index contributed by atoms with van der Waals surface area (Å²) in [5.41, 5.74) is -0.647. The lowest BCUT2D eigenvalue weighted by atomic mass is 9.98. The van der Waals surface area contributed by atoms with E-state index in [4.69, 9.17) is 4.74 Å². The Labute approximate surface area is 138 Å². The van der Waals surface area contributed by atoms with Gasteiger partial charge in [0.1, 0.15) is 5.60 Å². The number of carboxylic acids is 1. The van der Waals surface area contributed by atoms with Gasteiger partial charge in [0, 0.05) is 0 Å². The van der Waals surface area contributed by atoms with Crippen molar-refractivity contribution >= 4 is 28.2 Å². The number of carbonyl (C=O) groups is 2. The van der Waals surface area contributed by atoms with Gasteiger partial charge in [-0.2, -0.15) is 0 Å². The highest BCUT2D eigenvalue weighted by Gasteiger charge is 2.58. The van der Waals surface area contributed by atoms with Crippen molar-refractivity contribution in [3.8, 4) is 0 Å². The first kappa shape index (κ1) is 16.8. The second-order valence-corrected chi connectivity index (χ2v) is 6.94. The van der Waals surface area contributed by atoms with Crippen molar-refractivity contribution in [2.75, 3.05) is 0 Å². The predicted octanol–water partition coefficient (Wildman–Crippen LogP) is 3.76. The quantitative estimate of drug-likeness (QED) is 0.775. The minimum Gasteiger partial charge on any atom is -0.479 e. The lowest BCUT2D eigenvalue weighted by molar-refractivity contribution is -0.142. The lowest BCUT2D eigenvalue weighted by Gasteiger charge is -2.29. The van der Waals surface area contributed by atoms with E-state index < -0.39 is 23.2 Å². The van der Waals surface area contributed by atoms with Crippen molar-refractivity contribution in [2.24, 2.45) is 0 Å². The summed E-state index contributed by atoms with van der Waals surface area (Å²) in [6.07, 6.45) is 1.66. The largest absolute Gasteiger partial charge is 0.479 e. The van der Waals surface area contributed by atoms with Crippen LogP contribution in [0.3, 0.4) is 0 Å². The molecule has 2 rings (SSSR count). The Kier molecular flexibility index (Phi) is 4.80. The van der Waals surface area contributed by atoms with E-state index in [-0.39, 0.29) is 0 Å². The van der Waals surface area contributed by atoms with Gasteiger partial charge in [-0.15, -0.1) is 0 Å². The van der Waals surface area contributed by atoms with Gasteiger partial charge in [0.05, 0.1) is 16.1 Å². The van der Waals surface area contributed by atoms with Crippen molar-refractivity contribution in [2.45, 2.75) is 50.7 Å². The predicted molar refractivity (Wildman–Crippen MR) is 85.7 cm³/mol. The number of nitrogens with zero attached hydrogens (tertiary/aromatic N) is 1. The molecule has 6 heteroatoms. The maximum Gasteiger partial charge on any atom is 0.421 e. The summed E-state index contributed by atoms with van der Waals surface area (Å²) < 4.78 is 6.51. The first-order valence-corrected chi connectivity index (χ1v) is 7.94. The molecule has 0 radical (unpaired) electrons. The van der Waals surface area contributed by atoms with Gasteiger partial charge in [0.15, 0.2) is 5.54 Å². The monoisotopic (exact) mass is 369 g/mol. The molecule has 1 amide bonds. The molecular weight excluding hydrogens is 350 g/mol. The zero-order valence-corrected chi connectivity index (χ0v) is 14.3. The van der Waals surface area contributed by atoms with Crippen molar-refractivity contribution in [1.82, 2.24) is 3.93 Å². The highest BCUT2D eigenvalue weighted by Crippen LogP contribution is 2.44. The van der Waals surface area contributed by atoms with Crippen molar-refractivity contribution in [3.05, 3.63) is 35.9 Å². The zero-order valence-electron chi connectivity index (χ0n) is 12.7. The number of ether oxygens (including phenoxy) is 1. The summed E-state index contributed by atoms with van der Waals surface area (Å²) >= 11 is 3.05. The van der Waals surface area contributed by atoms with Crippen molar-refractivity contribution < 1.29 is 19.4 Å². The number of amides is 1. The Balaban J connectivity index is 1.91. The van der Waals surface area contributed by atoms with Gasteiger partial charge in [0.25, 0.3) is 0 Å². The van der Waals surface area contributed by atoms with Crippen LogP contribution in [-0.4, -0.2) is 32.2 Å². The van der Waals surface area contributed by atoms with Crippen LogP contribution in [0.4, 0.5) is 4.79 Å². The van der Waals surface area contributed by atoms with E-state index in [9.17, 15) is 14.7 Å². The average molecular weight is 370 g/mol. The lowest BCUT2D eigenvalue weighted by Crippen LogP contribution is -2.44. The zero-order chi connectivity index (χ0) is 16.4. The molecule has 0 aromatic heterocycles. The summed E-state index contributed by atoms with van der Waals surface area (Å²) in [6.45, 7) is 3.66. The highest BCUT2D eigenvalue weighted by molar-refractivity contribution is 9.07. The molecule has 0 aliphatic heterocycles. The van der Waals surface area contributed by atoms with E-state index in [0.29, 0.717) is 19.3 Å². The fourth-order valence-electron chi connectivity index (χ4n) is 2.20. The number of halogens is 1. The third kappa shape index (κ3) is 3.80. The molecule has 22 heavy (non-hydrogen) atoms. The van der Waals surface area contributed by atoms with E-state index in [0.717, 1.165) is 10.3 Å². The van der Waals surface area contributed by atoms with Gasteiger partial charge in [-0.3, -0.25) is 0 Å². The van der Waals surface area contributed by atoms with E-state index in [1.807, 2.05) is 44.2 Å². The topological polar surface area (TPSA) is 66.8 Å². The molecule has 0 heterocycles. The molecule has 0 bridgehead atoms. The molecule has 0 saturated heterocycles. The minimum absolute atomic E-state index is 0.438. The van der Waals surface area contributed by atoms with Crippen LogP contribution in [0.5, 0.6) is 0 Å². The standard InChI is InChI=1S/C16H20BrNO4/c1-15(2,9-8-12-6-4-3-5-7-12)22-14(21)18(17)16(10-11-16)13(19)20/h3-7H,8-11H2,1-2H3,(H,19,20). The Morgan fingerprint density at radius 3 is 2.41 bits per heavy atom. The number of hydrogen-bond donors (Lipinski definition) is 1. The van der Waals surface area contributed by atoms with Gasteiger partial charge in [-0.25, -0.2) is 13.5 Å². The second-order valence-electron chi connectivity index (χ2n) is 6.23. The number of benzene rings is 1. The molecule has 120 valence electrons. The normalized spacial score (nSPS) is 16.0. The smallest absolute Gasteiger partial charge is 0.421 e. The van der Waals surface area contributed by atoms with Crippen LogP contribution < -0.4 is 0 Å². The van der Waals surface area contributed by atoms with Crippen LogP contribution in [-0.2, 0) is 16.0 Å². The number of aryl methyl sites for hydroxylation is 1. The van der Waals surface area contributed by atoms with Gasteiger partial charge < -0.3 is 9.84 Å². The minimum atomic E-state index is -1.15. The van der Waals surface area contributed by atoms with Gasteiger partial charge in [0.2, 0.25) is 0 Å². The average Bonchev–Trinajstić information content (AvgIpc) is 3.27. The molecule has 1 aliphatic rings. The fraction of sp³-hybridized carbons (Fsp3) is 0.500. The van der Waals surface area contributed by atoms with E-state index in [1.54, 1.807) is 0 Å². The molecule has 1 N–H and O–H groups in total. The first-order chi connectivity index (χ1) is 10.3. The van der Waals surface area contributed by atoms with Crippen LogP contribution in [0.15, 0.2) is 30.3 Å². The molecular formula is C16H20BrNO4. The second kappa shape index (κ2) is 6.28. The first-order valence-electron chi connectivity index (χ1n) is 7.23. The Bertz CT molecular complexity index is 555. The van der Waals surface area contributed by atoms with E-state index in [2.05, 4.69) is 16.1 Å². The molecule has 0 unspecified atom stereocenters. The van der Waals surface area contributed by atoms with Crippen LogP contribution in [0.1, 0.15) is 38.7 Å². The van der Waals surface area contributed by atoms with Crippen LogP contribution in [0.25, 0.3) is 0 Å². The van der Waals surface area contributed by atoms with Crippen molar-refractivity contribution in [1.29, 1.82) is 0 Å². The van der Waals surface area contributed by atoms with Gasteiger partial charge in [-0.05, 0) is 45.1 Å². The van der Waals surface area contributed by atoms with E-state index in [1.165, 1.54) is 5.56 Å². The van der Waals surface area contributed by atoms with Crippen molar-refractivity contribution in [3.63, 3.8) is 0 Å². The Morgan fingerprint density at radius 2 is 1.91 bits per heavy atom. The molecule has 1 aliphatic carbocycles. The van der Waals surface area contributed by atoms with Crippen LogP contribution in [0, 0.1) is 0 Å². The number of carboxylic acid groups (broad SMARTS) is 1. The van der Waals surface area contributed by atoms with E-state index >= 15 is 0 Å². The number of hydrogen-bond acceptors (Lipinski definition) is 3. The summed E-state index contributed by atoms with van der Waals surface area (Å²) in [6, 6.07) is 9.95. The van der Waals surface area contributed by atoms with Gasteiger partial charge >= 0.3 is 12.1 Å². The maximum absolute atomic E-state index is 12.2. The summed E-state index contributed by atoms with van der Waals surface area (Å²) in [7, 11) is 0. The summed E-state index contributed by atoms with van der Waals surface area (Å²) in [5, 5.41) is 9.19. The molecule has 0 spiro atoms. The summed E-state index contributed by atoms with van der Waals surface area (Å²) in [5.74, 6) is -1.01. The van der Waals surface area contributed by atoms with Gasteiger partial charge in [-0.1, -0.05) is 30.3 Å². The summed E-state index contributed by atoms with van der Waals surface area (Å²) in [4.78, 5) is 23.4. The molecule has 0 atom stereocenters. The molecule has 1 saturated carbocycles. The molecule has 1 aromatic carbocycles. The Morgan fingerprint density at radius 1 is 1.32 bits per heavy atom. The maximum atomic E-state index is 12.2. The third-order valence-electron chi connectivity index (χ3n) is 3.88. The number of carbonyl (C=O) groups excluding carboxylic acids is 1. The van der Waals surface area contributed by atoms with Crippen LogP contribution in [0.2, 0.25) is 0 Å². The number of aliphatic carboxylic acids is 1. The number of rotatable bonds is 6. The highest BCUT2D eigenvalue weighted by atomic mass is 79.9. The third-order valence-corrected chi connectivity index (χ3v) is 4.85. The SMILES string of the molecule is CC(C)(CCc1ccccc1)OC(=O)N(Br)C1(C(=O)O)CC1. The molecule has 1 aromatic rings.